The molecule has 0 saturated heterocycles. The van der Waals surface area contributed by atoms with Gasteiger partial charge in [0.05, 0.1) is 34.4 Å². The van der Waals surface area contributed by atoms with Crippen LogP contribution in [0, 0.1) is 0 Å². The summed E-state index contributed by atoms with van der Waals surface area (Å²) in [5, 5.41) is 0. The fourth-order valence-corrected chi connectivity index (χ4v) is 6.10. The number of para-hydroxylation sites is 1. The van der Waals surface area contributed by atoms with Crippen LogP contribution in [-0.4, -0.2) is 36.6 Å². The van der Waals surface area contributed by atoms with Crippen LogP contribution in [0.2, 0.25) is 0 Å². The molecular formula is C35H34F3N3O5S. The van der Waals surface area contributed by atoms with E-state index in [1.807, 2.05) is 65.2 Å². The molecule has 1 aromatic heterocycles. The van der Waals surface area contributed by atoms with E-state index in [1.54, 1.807) is 26.0 Å². The van der Waals surface area contributed by atoms with Crippen molar-refractivity contribution in [1.29, 1.82) is 0 Å². The van der Waals surface area contributed by atoms with E-state index in [2.05, 4.69) is 4.72 Å². The van der Waals surface area contributed by atoms with Gasteiger partial charge in [0, 0.05) is 17.7 Å². The van der Waals surface area contributed by atoms with Gasteiger partial charge in [0.1, 0.15) is 11.3 Å². The Hall–Kier alpha value is -4.84. The molecule has 0 spiro atoms. The molecule has 1 heterocycles. The van der Waals surface area contributed by atoms with Crippen molar-refractivity contribution in [2.45, 2.75) is 56.7 Å². The quantitative estimate of drug-likeness (QED) is 0.100. The first-order chi connectivity index (χ1) is 22.4. The molecule has 5 rings (SSSR count). The number of anilines is 1. The minimum Gasteiger partial charge on any atom is -0.489 e. The Morgan fingerprint density at radius 3 is 2.17 bits per heavy atom. The fourth-order valence-electron chi connectivity index (χ4n) is 5.04. The van der Waals surface area contributed by atoms with Crippen LogP contribution in [0.15, 0.2) is 102 Å². The highest BCUT2D eigenvalue weighted by molar-refractivity contribution is 7.92. The second kappa shape index (κ2) is 14.3. The van der Waals surface area contributed by atoms with E-state index < -0.39 is 21.8 Å². The molecule has 0 atom stereocenters. The molecule has 246 valence electrons. The van der Waals surface area contributed by atoms with Crippen LogP contribution in [0.1, 0.15) is 45.1 Å². The fraction of sp³-hybridized carbons (Fsp3) is 0.257. The minimum atomic E-state index is -4.61. The topological polar surface area (TPSA) is 99.5 Å². The van der Waals surface area contributed by atoms with Gasteiger partial charge in [-0.25, -0.2) is 13.4 Å². The van der Waals surface area contributed by atoms with E-state index in [0.717, 1.165) is 35.5 Å². The zero-order valence-corrected chi connectivity index (χ0v) is 26.6. The molecule has 12 heteroatoms. The number of unbranched alkanes of at least 4 members (excludes halogenated alkanes) is 2. The lowest BCUT2D eigenvalue weighted by Crippen LogP contribution is -2.15. The summed E-state index contributed by atoms with van der Waals surface area (Å²) in [6, 6.07) is 25.6. The molecular weight excluding hydrogens is 631 g/mol. The molecule has 0 bridgehead atoms. The van der Waals surface area contributed by atoms with E-state index >= 15 is 0 Å². The van der Waals surface area contributed by atoms with Crippen LogP contribution in [-0.2, 0) is 25.7 Å². The lowest BCUT2D eigenvalue weighted by Gasteiger charge is -2.15. The third kappa shape index (κ3) is 8.12. The van der Waals surface area contributed by atoms with Gasteiger partial charge in [-0.3, -0.25) is 14.1 Å². The Labute approximate surface area is 271 Å². The molecule has 4 aromatic carbocycles. The van der Waals surface area contributed by atoms with Crippen LogP contribution in [0.3, 0.4) is 0 Å². The number of nitrogens with zero attached hydrogens (tertiary/aromatic N) is 2. The Balaban J connectivity index is 1.52. The second-order valence-corrected chi connectivity index (χ2v) is 12.8. The SMILES string of the molecule is CC(C)OC(=O)CCCCCOc1c(NS(=O)(=O)c2ccc(C(F)(F)F)cc2)ccc2c1nc(-c1ccccc1)n2-c1ccccc1. The highest BCUT2D eigenvalue weighted by Crippen LogP contribution is 2.39. The number of carbonyl (C=O) groups excluding carboxylic acids is 1. The van der Waals surface area contributed by atoms with E-state index in [4.69, 9.17) is 14.5 Å². The Kier molecular flexibility index (Phi) is 10.2. The third-order valence-corrected chi connectivity index (χ3v) is 8.58. The van der Waals surface area contributed by atoms with E-state index in [0.29, 0.717) is 36.1 Å². The van der Waals surface area contributed by atoms with Crippen LogP contribution >= 0.6 is 0 Å². The van der Waals surface area contributed by atoms with Crippen molar-refractivity contribution in [1.82, 2.24) is 9.55 Å². The number of benzene rings is 4. The predicted octanol–water partition coefficient (Wildman–Crippen LogP) is 8.40. The summed E-state index contributed by atoms with van der Waals surface area (Å²) in [6.45, 7) is 3.77. The number of ether oxygens (including phenoxy) is 2. The second-order valence-electron chi connectivity index (χ2n) is 11.1. The molecule has 1 N–H and O–H groups in total. The lowest BCUT2D eigenvalue weighted by atomic mass is 10.2. The first-order valence-electron chi connectivity index (χ1n) is 15.1. The maximum Gasteiger partial charge on any atom is 0.416 e. The summed E-state index contributed by atoms with van der Waals surface area (Å²) < 4.78 is 82.0. The van der Waals surface area contributed by atoms with Crippen molar-refractivity contribution in [2.24, 2.45) is 0 Å². The number of esters is 1. The summed E-state index contributed by atoms with van der Waals surface area (Å²) in [7, 11) is -4.32. The maximum absolute atomic E-state index is 13.4. The average molecular weight is 666 g/mol. The molecule has 0 aliphatic rings. The van der Waals surface area contributed by atoms with Crippen LogP contribution < -0.4 is 9.46 Å². The zero-order valence-electron chi connectivity index (χ0n) is 25.8. The van der Waals surface area contributed by atoms with Gasteiger partial charge in [-0.2, -0.15) is 13.2 Å². The summed E-state index contributed by atoms with van der Waals surface area (Å²) in [6.07, 6.45) is -2.72. The molecule has 0 amide bonds. The van der Waals surface area contributed by atoms with Gasteiger partial charge in [0.25, 0.3) is 10.0 Å². The summed E-state index contributed by atoms with van der Waals surface area (Å²) in [5.74, 6) is 0.498. The van der Waals surface area contributed by atoms with Crippen molar-refractivity contribution < 1.29 is 35.9 Å². The highest BCUT2D eigenvalue weighted by atomic mass is 32.2. The number of carbonyl (C=O) groups is 1. The standard InChI is InChI=1S/C35H34F3N3O5S/c1-24(2)46-31(42)16-10-5-11-23-45-33-29(40-47(43,44)28-19-17-26(18-20-28)35(36,37)38)21-22-30-32(33)39-34(25-12-6-3-7-13-25)41(30)27-14-8-4-9-15-27/h3-4,6-9,12-15,17-22,24,40H,5,10-11,16,23H2,1-2H3. The molecule has 5 aromatic rings. The Morgan fingerprint density at radius 2 is 1.53 bits per heavy atom. The zero-order chi connectivity index (χ0) is 33.6. The molecule has 47 heavy (non-hydrogen) atoms. The summed E-state index contributed by atoms with van der Waals surface area (Å²) in [4.78, 5) is 16.5. The van der Waals surface area contributed by atoms with Crippen molar-refractivity contribution in [3.05, 3.63) is 103 Å². The monoisotopic (exact) mass is 665 g/mol. The number of hydrogen-bond donors (Lipinski definition) is 1. The average Bonchev–Trinajstić information content (AvgIpc) is 3.43. The van der Waals surface area contributed by atoms with Crippen LogP contribution in [0.25, 0.3) is 28.1 Å². The number of rotatable bonds is 13. The van der Waals surface area contributed by atoms with Crippen molar-refractivity contribution >= 4 is 32.7 Å². The van der Waals surface area contributed by atoms with Gasteiger partial charge in [-0.15, -0.1) is 0 Å². The largest absolute Gasteiger partial charge is 0.489 e. The molecule has 0 unspecified atom stereocenters. The predicted molar refractivity (Wildman–Crippen MR) is 174 cm³/mol. The first-order valence-corrected chi connectivity index (χ1v) is 16.6. The number of aromatic nitrogens is 2. The van der Waals surface area contributed by atoms with E-state index in [-0.39, 0.29) is 41.4 Å². The van der Waals surface area contributed by atoms with E-state index in [9.17, 15) is 26.4 Å². The number of halogens is 3. The van der Waals surface area contributed by atoms with Crippen molar-refractivity contribution in [2.75, 3.05) is 11.3 Å². The van der Waals surface area contributed by atoms with Gasteiger partial charge in [0.2, 0.25) is 0 Å². The van der Waals surface area contributed by atoms with Crippen molar-refractivity contribution in [3.8, 4) is 22.8 Å². The number of fused-ring (bicyclic) bond motifs is 1. The third-order valence-electron chi connectivity index (χ3n) is 7.20. The molecule has 0 aliphatic carbocycles. The smallest absolute Gasteiger partial charge is 0.416 e. The van der Waals surface area contributed by atoms with Gasteiger partial charge in [0.15, 0.2) is 5.75 Å². The molecule has 0 aliphatic heterocycles. The van der Waals surface area contributed by atoms with Gasteiger partial charge in [-0.1, -0.05) is 48.5 Å². The number of imidazole rings is 1. The van der Waals surface area contributed by atoms with Gasteiger partial charge < -0.3 is 9.47 Å². The number of sulfonamides is 1. The molecule has 8 nitrogen and oxygen atoms in total. The summed E-state index contributed by atoms with van der Waals surface area (Å²) in [5.41, 5.74) is 1.80. The summed E-state index contributed by atoms with van der Waals surface area (Å²) >= 11 is 0. The highest BCUT2D eigenvalue weighted by Gasteiger charge is 2.31. The maximum atomic E-state index is 13.4. The first kappa shape index (κ1) is 33.5. The van der Waals surface area contributed by atoms with Gasteiger partial charge >= 0.3 is 12.1 Å². The Bertz CT molecular complexity index is 1930. The normalized spacial score (nSPS) is 12.0. The molecule has 0 saturated carbocycles. The number of alkyl halides is 3. The van der Waals surface area contributed by atoms with Crippen molar-refractivity contribution in [3.63, 3.8) is 0 Å². The minimum absolute atomic E-state index is 0.0789. The molecule has 0 fully saturated rings. The molecule has 0 radical (unpaired) electrons. The Morgan fingerprint density at radius 1 is 0.872 bits per heavy atom. The lowest BCUT2D eigenvalue weighted by molar-refractivity contribution is -0.147. The number of nitrogens with one attached hydrogen (secondary N) is 1. The van der Waals surface area contributed by atoms with Gasteiger partial charge in [-0.05, 0) is 81.6 Å². The van der Waals surface area contributed by atoms with E-state index in [1.165, 1.54) is 0 Å². The van der Waals surface area contributed by atoms with Crippen LogP contribution in [0.4, 0.5) is 18.9 Å². The number of hydrogen-bond acceptors (Lipinski definition) is 6. The van der Waals surface area contributed by atoms with Crippen LogP contribution in [0.5, 0.6) is 5.75 Å².